The number of carbonyl (C=O) groups excluding carboxylic acids is 1. The maximum Gasteiger partial charge on any atom is 0.296 e. The first kappa shape index (κ1) is 15.3. The highest BCUT2D eigenvalue weighted by molar-refractivity contribution is 5.98. The van der Waals surface area contributed by atoms with E-state index in [-0.39, 0.29) is 22.8 Å². The maximum absolute atomic E-state index is 12.0. The summed E-state index contributed by atoms with van der Waals surface area (Å²) < 4.78 is 1.40. The van der Waals surface area contributed by atoms with Crippen molar-refractivity contribution in [3.05, 3.63) is 58.4 Å². The number of fused-ring (bicyclic) bond motifs is 1. The van der Waals surface area contributed by atoms with Crippen molar-refractivity contribution in [1.82, 2.24) is 9.55 Å². The van der Waals surface area contributed by atoms with Crippen LogP contribution in [0.5, 0.6) is 5.88 Å². The molecule has 0 unspecified atom stereocenters. The van der Waals surface area contributed by atoms with E-state index in [0.29, 0.717) is 10.9 Å². The molecule has 0 aliphatic carbocycles. The zero-order valence-electron chi connectivity index (χ0n) is 12.4. The van der Waals surface area contributed by atoms with E-state index in [1.807, 2.05) is 0 Å². The lowest BCUT2D eigenvalue weighted by Crippen LogP contribution is -1.93. The van der Waals surface area contributed by atoms with E-state index in [1.165, 1.54) is 41.2 Å². The SMILES string of the molecule is Cn1c(O)c(N=NC(=O)c2cccnc2)c2cc([N+](=O)[O-])ccc21. The van der Waals surface area contributed by atoms with Gasteiger partial charge in [0.2, 0.25) is 5.88 Å². The Morgan fingerprint density at radius 1 is 1.38 bits per heavy atom. The smallest absolute Gasteiger partial charge is 0.296 e. The molecule has 9 heteroatoms. The number of aromatic hydroxyl groups is 1. The van der Waals surface area contributed by atoms with Crippen LogP contribution in [0.15, 0.2) is 53.0 Å². The fourth-order valence-corrected chi connectivity index (χ4v) is 2.25. The fourth-order valence-electron chi connectivity index (χ4n) is 2.25. The van der Waals surface area contributed by atoms with Crippen molar-refractivity contribution in [3.63, 3.8) is 0 Å². The minimum Gasteiger partial charge on any atom is -0.493 e. The molecule has 0 atom stereocenters. The van der Waals surface area contributed by atoms with Gasteiger partial charge in [-0.2, -0.15) is 0 Å². The van der Waals surface area contributed by atoms with Crippen LogP contribution in [-0.4, -0.2) is 25.5 Å². The quantitative estimate of drug-likeness (QED) is 0.450. The molecular weight excluding hydrogens is 314 g/mol. The second-order valence-corrected chi connectivity index (χ2v) is 4.94. The van der Waals surface area contributed by atoms with Gasteiger partial charge in [0, 0.05) is 37.0 Å². The molecule has 0 saturated carbocycles. The number of pyridine rings is 1. The highest BCUT2D eigenvalue weighted by atomic mass is 16.6. The van der Waals surface area contributed by atoms with Gasteiger partial charge in [-0.1, -0.05) is 0 Å². The van der Waals surface area contributed by atoms with E-state index >= 15 is 0 Å². The Kier molecular flexibility index (Phi) is 3.74. The zero-order valence-corrected chi connectivity index (χ0v) is 12.4. The lowest BCUT2D eigenvalue weighted by molar-refractivity contribution is -0.384. The molecule has 1 aromatic carbocycles. The number of azo groups is 1. The fraction of sp³-hybridized carbons (Fsp3) is 0.0667. The largest absolute Gasteiger partial charge is 0.493 e. The van der Waals surface area contributed by atoms with Crippen molar-refractivity contribution in [2.75, 3.05) is 0 Å². The van der Waals surface area contributed by atoms with Gasteiger partial charge in [0.25, 0.3) is 11.6 Å². The van der Waals surface area contributed by atoms with Crippen LogP contribution in [0.1, 0.15) is 10.4 Å². The molecule has 1 N–H and O–H groups in total. The third-order valence-corrected chi connectivity index (χ3v) is 3.49. The molecule has 0 fully saturated rings. The number of nitrogens with zero attached hydrogens (tertiary/aromatic N) is 5. The van der Waals surface area contributed by atoms with E-state index in [4.69, 9.17) is 0 Å². The number of hydrogen-bond acceptors (Lipinski definition) is 6. The molecule has 0 bridgehead atoms. The van der Waals surface area contributed by atoms with Gasteiger partial charge < -0.3 is 9.67 Å². The van der Waals surface area contributed by atoms with E-state index < -0.39 is 10.8 Å². The van der Waals surface area contributed by atoms with Crippen LogP contribution >= 0.6 is 0 Å². The molecule has 0 spiro atoms. The Labute approximate surface area is 135 Å². The van der Waals surface area contributed by atoms with Crippen molar-refractivity contribution >= 4 is 28.2 Å². The summed E-state index contributed by atoms with van der Waals surface area (Å²) in [5, 5.41) is 28.7. The highest BCUT2D eigenvalue weighted by Gasteiger charge is 2.18. The predicted molar refractivity (Wildman–Crippen MR) is 84.3 cm³/mol. The van der Waals surface area contributed by atoms with Crippen molar-refractivity contribution in [1.29, 1.82) is 0 Å². The Morgan fingerprint density at radius 2 is 2.17 bits per heavy atom. The number of amides is 1. The number of rotatable bonds is 3. The number of hydrogen-bond donors (Lipinski definition) is 1. The van der Waals surface area contributed by atoms with E-state index in [0.717, 1.165) is 0 Å². The first-order chi connectivity index (χ1) is 11.5. The van der Waals surface area contributed by atoms with Crippen molar-refractivity contribution < 1.29 is 14.8 Å². The predicted octanol–water partition coefficient (Wildman–Crippen LogP) is 3.11. The molecule has 2 aromatic heterocycles. The van der Waals surface area contributed by atoms with E-state index in [1.54, 1.807) is 13.1 Å². The minimum atomic E-state index is -0.634. The lowest BCUT2D eigenvalue weighted by atomic mass is 10.2. The van der Waals surface area contributed by atoms with Gasteiger partial charge in [-0.25, -0.2) is 0 Å². The molecule has 24 heavy (non-hydrogen) atoms. The monoisotopic (exact) mass is 325 g/mol. The number of non-ortho nitro benzene ring substituents is 1. The summed E-state index contributed by atoms with van der Waals surface area (Å²) in [5.41, 5.74) is 0.615. The summed E-state index contributed by atoms with van der Waals surface area (Å²) in [6, 6.07) is 7.21. The minimum absolute atomic E-state index is 0.00607. The van der Waals surface area contributed by atoms with Crippen LogP contribution in [-0.2, 0) is 7.05 Å². The molecule has 1 amide bonds. The number of aryl methyl sites for hydroxylation is 1. The zero-order chi connectivity index (χ0) is 17.3. The number of carbonyl (C=O) groups is 1. The average molecular weight is 325 g/mol. The third kappa shape index (κ3) is 2.58. The third-order valence-electron chi connectivity index (χ3n) is 3.49. The van der Waals surface area contributed by atoms with Crippen LogP contribution in [0.4, 0.5) is 11.4 Å². The molecule has 0 saturated heterocycles. The molecule has 0 radical (unpaired) electrons. The first-order valence-corrected chi connectivity index (χ1v) is 6.81. The second kappa shape index (κ2) is 5.88. The summed E-state index contributed by atoms with van der Waals surface area (Å²) in [6.45, 7) is 0. The summed E-state index contributed by atoms with van der Waals surface area (Å²) in [7, 11) is 1.57. The van der Waals surface area contributed by atoms with Crippen LogP contribution < -0.4 is 0 Å². The van der Waals surface area contributed by atoms with Crippen LogP contribution in [0.2, 0.25) is 0 Å². The standard InChI is InChI=1S/C15H11N5O4/c1-19-12-5-4-10(20(23)24)7-11(12)13(15(19)22)17-18-14(21)9-3-2-6-16-8-9/h2-8,22H,1H3. The maximum atomic E-state index is 12.0. The van der Waals surface area contributed by atoms with Crippen LogP contribution in [0.25, 0.3) is 10.9 Å². The molecule has 0 aliphatic heterocycles. The van der Waals surface area contributed by atoms with Crippen molar-refractivity contribution in [2.24, 2.45) is 17.3 Å². The Morgan fingerprint density at radius 3 is 2.83 bits per heavy atom. The van der Waals surface area contributed by atoms with Gasteiger partial charge in [0.15, 0.2) is 5.69 Å². The van der Waals surface area contributed by atoms with Gasteiger partial charge in [0.1, 0.15) is 0 Å². The van der Waals surface area contributed by atoms with Crippen LogP contribution in [0, 0.1) is 10.1 Å². The normalized spacial score (nSPS) is 11.2. The average Bonchev–Trinajstić information content (AvgIpc) is 2.84. The molecule has 9 nitrogen and oxygen atoms in total. The topological polar surface area (TPSA) is 123 Å². The van der Waals surface area contributed by atoms with Crippen molar-refractivity contribution in [2.45, 2.75) is 0 Å². The number of aromatic nitrogens is 2. The highest BCUT2D eigenvalue weighted by Crippen LogP contribution is 2.39. The lowest BCUT2D eigenvalue weighted by Gasteiger charge is -1.96. The second-order valence-electron chi connectivity index (χ2n) is 4.94. The van der Waals surface area contributed by atoms with Gasteiger partial charge in [-0.05, 0) is 18.2 Å². The van der Waals surface area contributed by atoms with Gasteiger partial charge in [0.05, 0.1) is 16.0 Å². The molecule has 3 aromatic rings. The molecular formula is C15H11N5O4. The summed E-state index contributed by atoms with van der Waals surface area (Å²) in [6.07, 6.45) is 2.86. The number of nitro benzene ring substituents is 1. The Balaban J connectivity index is 2.07. The van der Waals surface area contributed by atoms with E-state index in [9.17, 15) is 20.0 Å². The summed E-state index contributed by atoms with van der Waals surface area (Å²) in [5.74, 6) is -0.877. The van der Waals surface area contributed by atoms with Gasteiger partial charge >= 0.3 is 0 Å². The van der Waals surface area contributed by atoms with Gasteiger partial charge in [-0.3, -0.25) is 19.9 Å². The number of benzene rings is 1. The van der Waals surface area contributed by atoms with Crippen molar-refractivity contribution in [3.8, 4) is 5.88 Å². The Hall–Kier alpha value is -3.62. The van der Waals surface area contributed by atoms with Crippen LogP contribution in [0.3, 0.4) is 0 Å². The van der Waals surface area contributed by atoms with Gasteiger partial charge in [-0.15, -0.1) is 10.2 Å². The molecule has 120 valence electrons. The molecule has 0 aliphatic rings. The van der Waals surface area contributed by atoms with E-state index in [2.05, 4.69) is 15.2 Å². The molecule has 3 rings (SSSR count). The summed E-state index contributed by atoms with van der Waals surface area (Å²) >= 11 is 0. The Bertz CT molecular complexity index is 978. The first-order valence-electron chi connectivity index (χ1n) is 6.81. The summed E-state index contributed by atoms with van der Waals surface area (Å²) in [4.78, 5) is 26.1. The molecule has 2 heterocycles. The number of nitro groups is 1.